The summed E-state index contributed by atoms with van der Waals surface area (Å²) < 4.78 is 24.9. The Labute approximate surface area is 116 Å². The number of anilines is 1. The molecule has 0 aromatic heterocycles. The minimum atomic E-state index is -3.17. The highest BCUT2D eigenvalue weighted by molar-refractivity contribution is 9.09. The van der Waals surface area contributed by atoms with Gasteiger partial charge >= 0.3 is 6.43 Å². The fourth-order valence-electron chi connectivity index (χ4n) is 1.28. The van der Waals surface area contributed by atoms with Crippen LogP contribution in [0.1, 0.15) is 0 Å². The van der Waals surface area contributed by atoms with E-state index >= 15 is 0 Å². The minimum absolute atomic E-state index is 0.0133. The van der Waals surface area contributed by atoms with Crippen LogP contribution in [-0.2, 0) is 9.59 Å². The van der Waals surface area contributed by atoms with Crippen molar-refractivity contribution < 1.29 is 18.4 Å². The smallest absolute Gasteiger partial charge is 0.300 e. The number of halogens is 4. The van der Waals surface area contributed by atoms with Crippen molar-refractivity contribution in [2.75, 3.05) is 16.8 Å². The quantitative estimate of drug-likeness (QED) is 0.773. The van der Waals surface area contributed by atoms with Gasteiger partial charge < -0.3 is 0 Å². The number of benzene rings is 1. The number of hydrogen-bond donors (Lipinski definition) is 0. The van der Waals surface area contributed by atoms with Crippen LogP contribution in [0.15, 0.2) is 24.3 Å². The van der Waals surface area contributed by atoms with Crippen LogP contribution in [0.25, 0.3) is 0 Å². The molecule has 98 valence electrons. The van der Waals surface area contributed by atoms with Crippen LogP contribution < -0.4 is 4.90 Å². The van der Waals surface area contributed by atoms with E-state index in [1.165, 1.54) is 18.2 Å². The Morgan fingerprint density at radius 2 is 2.06 bits per heavy atom. The van der Waals surface area contributed by atoms with E-state index in [1.54, 1.807) is 6.07 Å². The molecule has 0 atom stereocenters. The monoisotopic (exact) mass is 339 g/mol. The fourth-order valence-corrected chi connectivity index (χ4v) is 1.64. The van der Waals surface area contributed by atoms with Gasteiger partial charge in [0.1, 0.15) is 0 Å². The molecule has 1 aromatic rings. The van der Waals surface area contributed by atoms with Crippen molar-refractivity contribution in [2.24, 2.45) is 0 Å². The number of carbonyl (C=O) groups is 2. The van der Waals surface area contributed by atoms with E-state index in [9.17, 15) is 18.4 Å². The molecule has 0 bridgehead atoms. The standard InChI is InChI=1S/C11H9BrClF2NO2/c12-5-9(17)6-16(11(18)10(14)15)8-3-1-2-7(13)4-8/h1-4,10H,5-6H2. The molecule has 1 rings (SSSR count). The number of rotatable bonds is 5. The van der Waals surface area contributed by atoms with Gasteiger partial charge in [-0.3, -0.25) is 14.5 Å². The molecule has 0 saturated carbocycles. The average Bonchev–Trinajstić information content (AvgIpc) is 2.34. The van der Waals surface area contributed by atoms with Crippen LogP contribution in [0.3, 0.4) is 0 Å². The van der Waals surface area contributed by atoms with E-state index in [-0.39, 0.29) is 16.8 Å². The molecule has 0 unspecified atom stereocenters. The molecule has 0 heterocycles. The molecule has 0 fully saturated rings. The maximum atomic E-state index is 12.5. The second-order valence-corrected chi connectivity index (χ2v) is 4.37. The fraction of sp³-hybridized carbons (Fsp3) is 0.273. The number of nitrogens with zero attached hydrogens (tertiary/aromatic N) is 1. The highest BCUT2D eigenvalue weighted by Crippen LogP contribution is 2.21. The van der Waals surface area contributed by atoms with E-state index in [1.807, 2.05) is 0 Å². The van der Waals surface area contributed by atoms with Crippen LogP contribution in [0.2, 0.25) is 5.02 Å². The summed E-state index contributed by atoms with van der Waals surface area (Å²) in [6.45, 7) is -0.422. The lowest BCUT2D eigenvalue weighted by atomic mass is 10.2. The van der Waals surface area contributed by atoms with Gasteiger partial charge in [0.25, 0.3) is 5.91 Å². The summed E-state index contributed by atoms with van der Waals surface area (Å²) >= 11 is 8.64. The van der Waals surface area contributed by atoms with Gasteiger partial charge in [-0.1, -0.05) is 33.6 Å². The molecular formula is C11H9BrClF2NO2. The largest absolute Gasteiger partial charge is 0.316 e. The number of amides is 1. The SMILES string of the molecule is O=C(CBr)CN(C(=O)C(F)F)c1cccc(Cl)c1. The molecule has 0 aliphatic heterocycles. The molecule has 0 spiro atoms. The van der Waals surface area contributed by atoms with Crippen LogP contribution in [-0.4, -0.2) is 30.0 Å². The lowest BCUT2D eigenvalue weighted by molar-refractivity contribution is -0.130. The summed E-state index contributed by atoms with van der Waals surface area (Å²) in [7, 11) is 0. The van der Waals surface area contributed by atoms with E-state index < -0.39 is 18.9 Å². The molecule has 1 amide bonds. The van der Waals surface area contributed by atoms with Crippen LogP contribution in [0.4, 0.5) is 14.5 Å². The molecule has 0 aliphatic rings. The average molecular weight is 341 g/mol. The minimum Gasteiger partial charge on any atom is -0.300 e. The predicted octanol–water partition coefficient (Wildman–Crippen LogP) is 2.90. The Balaban J connectivity index is 3.04. The zero-order valence-electron chi connectivity index (χ0n) is 9.08. The second kappa shape index (κ2) is 6.80. The van der Waals surface area contributed by atoms with Crippen LogP contribution in [0.5, 0.6) is 0 Å². The molecule has 0 radical (unpaired) electrons. The van der Waals surface area contributed by atoms with E-state index in [2.05, 4.69) is 15.9 Å². The van der Waals surface area contributed by atoms with Gasteiger partial charge in [-0.05, 0) is 18.2 Å². The number of hydrogen-bond acceptors (Lipinski definition) is 2. The Morgan fingerprint density at radius 3 is 2.56 bits per heavy atom. The summed E-state index contributed by atoms with van der Waals surface area (Å²) in [6, 6.07) is 5.85. The maximum absolute atomic E-state index is 12.5. The van der Waals surface area contributed by atoms with Crippen molar-refractivity contribution in [2.45, 2.75) is 6.43 Å². The van der Waals surface area contributed by atoms with Gasteiger partial charge in [-0.15, -0.1) is 0 Å². The van der Waals surface area contributed by atoms with Crippen molar-refractivity contribution in [3.05, 3.63) is 29.3 Å². The first-order valence-corrected chi connectivity index (χ1v) is 6.38. The Kier molecular flexibility index (Phi) is 5.68. The molecule has 0 aliphatic carbocycles. The van der Waals surface area contributed by atoms with Gasteiger partial charge in [0, 0.05) is 10.7 Å². The van der Waals surface area contributed by atoms with Crippen molar-refractivity contribution in [3.8, 4) is 0 Å². The van der Waals surface area contributed by atoms with Gasteiger partial charge in [-0.2, -0.15) is 8.78 Å². The normalized spacial score (nSPS) is 10.5. The Bertz CT molecular complexity index is 456. The Hall–Kier alpha value is -1.01. The zero-order chi connectivity index (χ0) is 13.7. The third-order valence-corrected chi connectivity index (χ3v) is 2.92. The first-order valence-electron chi connectivity index (χ1n) is 4.88. The zero-order valence-corrected chi connectivity index (χ0v) is 11.4. The number of Topliss-reactive ketones (excluding diaryl/α,β-unsaturated/α-hetero) is 1. The first-order chi connectivity index (χ1) is 8.45. The predicted molar refractivity (Wildman–Crippen MR) is 68.6 cm³/mol. The molecular weight excluding hydrogens is 331 g/mol. The molecule has 3 nitrogen and oxygen atoms in total. The molecule has 0 saturated heterocycles. The third-order valence-electron chi connectivity index (χ3n) is 2.06. The molecule has 7 heteroatoms. The van der Waals surface area contributed by atoms with Gasteiger partial charge in [-0.25, -0.2) is 0 Å². The number of carbonyl (C=O) groups excluding carboxylic acids is 2. The summed E-state index contributed by atoms with van der Waals surface area (Å²) in [5.74, 6) is -1.81. The summed E-state index contributed by atoms with van der Waals surface area (Å²) in [5.41, 5.74) is 0.169. The van der Waals surface area contributed by atoms with Gasteiger partial charge in [0.2, 0.25) is 0 Å². The van der Waals surface area contributed by atoms with Crippen molar-refractivity contribution >= 4 is 44.9 Å². The molecule has 0 N–H and O–H groups in total. The third kappa shape index (κ3) is 4.03. The van der Waals surface area contributed by atoms with E-state index in [4.69, 9.17) is 11.6 Å². The van der Waals surface area contributed by atoms with Crippen molar-refractivity contribution in [1.82, 2.24) is 0 Å². The first kappa shape index (κ1) is 15.0. The molecule has 1 aromatic carbocycles. The lowest BCUT2D eigenvalue weighted by Gasteiger charge is -2.21. The highest BCUT2D eigenvalue weighted by Gasteiger charge is 2.26. The number of alkyl halides is 3. The highest BCUT2D eigenvalue weighted by atomic mass is 79.9. The summed E-state index contributed by atoms with van der Waals surface area (Å²) in [4.78, 5) is 23.4. The van der Waals surface area contributed by atoms with Crippen LogP contribution >= 0.6 is 27.5 Å². The van der Waals surface area contributed by atoms with Crippen molar-refractivity contribution in [3.63, 3.8) is 0 Å². The second-order valence-electron chi connectivity index (χ2n) is 3.38. The molecule has 18 heavy (non-hydrogen) atoms. The van der Waals surface area contributed by atoms with E-state index in [0.29, 0.717) is 5.02 Å². The van der Waals surface area contributed by atoms with E-state index in [0.717, 1.165) is 4.90 Å². The lowest BCUT2D eigenvalue weighted by Crippen LogP contribution is -2.39. The topological polar surface area (TPSA) is 37.4 Å². The summed E-state index contributed by atoms with van der Waals surface area (Å²) in [6.07, 6.45) is -3.17. The number of ketones is 1. The van der Waals surface area contributed by atoms with Crippen LogP contribution in [0, 0.1) is 0 Å². The van der Waals surface area contributed by atoms with Gasteiger partial charge in [0.05, 0.1) is 11.9 Å². The van der Waals surface area contributed by atoms with Crippen molar-refractivity contribution in [1.29, 1.82) is 0 Å². The Morgan fingerprint density at radius 1 is 1.39 bits per heavy atom. The van der Waals surface area contributed by atoms with Gasteiger partial charge in [0.15, 0.2) is 5.78 Å². The maximum Gasteiger partial charge on any atom is 0.316 e. The summed E-state index contributed by atoms with van der Waals surface area (Å²) in [5, 5.41) is 0.284.